The molecule has 0 aromatic heterocycles. The van der Waals surface area contributed by atoms with Crippen LogP contribution in [-0.4, -0.2) is 31.2 Å². The number of rotatable bonds is 3. The van der Waals surface area contributed by atoms with Crippen LogP contribution in [0.15, 0.2) is 4.99 Å². The minimum absolute atomic E-state index is 0.0385. The standard InChI is InChI=1S/C5H10N4/c6-1-2-8-5-4(3-7)9-5/h3-4,7H,1-2,6H2,(H,8,9). The highest BCUT2D eigenvalue weighted by atomic mass is 15.1. The summed E-state index contributed by atoms with van der Waals surface area (Å²) in [5.41, 5.74) is 5.22. The first-order valence-electron chi connectivity index (χ1n) is 2.90. The maximum atomic E-state index is 6.78. The van der Waals surface area contributed by atoms with Crippen molar-refractivity contribution in [2.75, 3.05) is 13.1 Å². The zero-order valence-electron chi connectivity index (χ0n) is 5.09. The molecule has 1 aliphatic heterocycles. The molecule has 1 unspecified atom stereocenters. The van der Waals surface area contributed by atoms with E-state index >= 15 is 0 Å². The molecular formula is C5H10N4. The topological polar surface area (TPSA) is 74.3 Å². The van der Waals surface area contributed by atoms with Crippen LogP contribution in [0.4, 0.5) is 0 Å². The van der Waals surface area contributed by atoms with E-state index in [1.165, 1.54) is 6.21 Å². The number of hydrogen-bond donors (Lipinski definition) is 3. The molecule has 9 heavy (non-hydrogen) atoms. The molecule has 0 saturated carbocycles. The summed E-state index contributed by atoms with van der Waals surface area (Å²) in [5, 5.41) is 9.76. The molecule has 0 radical (unpaired) electrons. The smallest absolute Gasteiger partial charge is 0.143 e. The van der Waals surface area contributed by atoms with E-state index in [-0.39, 0.29) is 6.04 Å². The molecule has 0 bridgehead atoms. The molecule has 0 fully saturated rings. The third kappa shape index (κ3) is 1.50. The van der Waals surface area contributed by atoms with E-state index in [4.69, 9.17) is 11.1 Å². The molecule has 4 nitrogen and oxygen atoms in total. The van der Waals surface area contributed by atoms with Crippen molar-refractivity contribution >= 4 is 12.1 Å². The first kappa shape index (κ1) is 6.22. The lowest BCUT2D eigenvalue weighted by molar-refractivity contribution is 0.883. The summed E-state index contributed by atoms with van der Waals surface area (Å²) in [5.74, 6) is 0.899. The van der Waals surface area contributed by atoms with E-state index in [1.807, 2.05) is 0 Å². The van der Waals surface area contributed by atoms with Crippen molar-refractivity contribution in [2.24, 2.45) is 10.7 Å². The lowest BCUT2D eigenvalue weighted by atomic mass is 10.4. The van der Waals surface area contributed by atoms with Gasteiger partial charge in [-0.2, -0.15) is 0 Å². The van der Waals surface area contributed by atoms with Gasteiger partial charge in [0.15, 0.2) is 0 Å². The van der Waals surface area contributed by atoms with Crippen LogP contribution in [0.25, 0.3) is 0 Å². The lowest BCUT2D eigenvalue weighted by Crippen LogP contribution is -2.26. The van der Waals surface area contributed by atoms with Crippen LogP contribution < -0.4 is 11.1 Å². The molecule has 0 amide bonds. The van der Waals surface area contributed by atoms with Crippen LogP contribution in [0.2, 0.25) is 0 Å². The first-order valence-corrected chi connectivity index (χ1v) is 2.90. The van der Waals surface area contributed by atoms with E-state index in [9.17, 15) is 0 Å². The average molecular weight is 126 g/mol. The van der Waals surface area contributed by atoms with Gasteiger partial charge in [-0.1, -0.05) is 0 Å². The van der Waals surface area contributed by atoms with Gasteiger partial charge in [-0.05, 0) is 0 Å². The SMILES string of the molecule is N=CC1N=C1NCCN. The van der Waals surface area contributed by atoms with Crippen molar-refractivity contribution in [3.8, 4) is 0 Å². The fraction of sp³-hybridized carbons (Fsp3) is 0.600. The monoisotopic (exact) mass is 126 g/mol. The second-order valence-electron chi connectivity index (χ2n) is 1.84. The Labute approximate surface area is 53.7 Å². The fourth-order valence-electron chi connectivity index (χ4n) is 0.579. The largest absolute Gasteiger partial charge is 0.370 e. The summed E-state index contributed by atoms with van der Waals surface area (Å²) >= 11 is 0. The van der Waals surface area contributed by atoms with Crippen LogP contribution in [0.5, 0.6) is 0 Å². The Balaban J connectivity index is 2.05. The summed E-state index contributed by atoms with van der Waals surface area (Å²) in [6.07, 6.45) is 1.30. The molecule has 1 rings (SSSR count). The Morgan fingerprint density at radius 1 is 1.89 bits per heavy atom. The molecule has 0 aliphatic carbocycles. The number of hydrogen-bond acceptors (Lipinski definition) is 4. The lowest BCUT2D eigenvalue weighted by Gasteiger charge is -1.93. The molecule has 4 N–H and O–H groups in total. The van der Waals surface area contributed by atoms with Gasteiger partial charge in [0.2, 0.25) is 0 Å². The van der Waals surface area contributed by atoms with Crippen LogP contribution in [0, 0.1) is 5.41 Å². The maximum absolute atomic E-state index is 6.78. The van der Waals surface area contributed by atoms with E-state index < -0.39 is 0 Å². The molecule has 1 atom stereocenters. The number of amidine groups is 1. The predicted molar refractivity (Wildman–Crippen MR) is 37.1 cm³/mol. The van der Waals surface area contributed by atoms with Gasteiger partial charge < -0.3 is 16.5 Å². The average Bonchev–Trinajstić information content (AvgIpc) is 2.62. The Morgan fingerprint density at radius 3 is 3.11 bits per heavy atom. The summed E-state index contributed by atoms with van der Waals surface area (Å²) < 4.78 is 0. The summed E-state index contributed by atoms with van der Waals surface area (Å²) in [7, 11) is 0. The van der Waals surface area contributed by atoms with Gasteiger partial charge in [-0.3, -0.25) is 4.99 Å². The summed E-state index contributed by atoms with van der Waals surface area (Å²) in [6.45, 7) is 1.37. The van der Waals surface area contributed by atoms with E-state index in [1.54, 1.807) is 0 Å². The van der Waals surface area contributed by atoms with Crippen LogP contribution in [-0.2, 0) is 0 Å². The van der Waals surface area contributed by atoms with E-state index in [2.05, 4.69) is 10.3 Å². The second kappa shape index (κ2) is 2.59. The Hall–Kier alpha value is -0.900. The Kier molecular flexibility index (Phi) is 1.79. The third-order valence-electron chi connectivity index (χ3n) is 1.10. The number of nitrogens with one attached hydrogen (secondary N) is 2. The van der Waals surface area contributed by atoms with Crippen molar-refractivity contribution in [1.29, 1.82) is 5.41 Å². The van der Waals surface area contributed by atoms with Crippen LogP contribution >= 0.6 is 0 Å². The van der Waals surface area contributed by atoms with Crippen molar-refractivity contribution < 1.29 is 0 Å². The second-order valence-corrected chi connectivity index (χ2v) is 1.84. The Morgan fingerprint density at radius 2 is 2.67 bits per heavy atom. The first-order chi connectivity index (χ1) is 4.38. The van der Waals surface area contributed by atoms with Crippen molar-refractivity contribution in [2.45, 2.75) is 6.04 Å². The van der Waals surface area contributed by atoms with Gasteiger partial charge >= 0.3 is 0 Å². The molecule has 1 aliphatic rings. The normalized spacial score (nSPS) is 22.8. The quantitative estimate of drug-likeness (QED) is 0.423. The van der Waals surface area contributed by atoms with Crippen LogP contribution in [0.3, 0.4) is 0 Å². The molecule has 50 valence electrons. The molecule has 0 spiro atoms. The van der Waals surface area contributed by atoms with Gasteiger partial charge in [0.1, 0.15) is 11.9 Å². The van der Waals surface area contributed by atoms with Gasteiger partial charge in [-0.25, -0.2) is 0 Å². The number of nitrogens with zero attached hydrogens (tertiary/aromatic N) is 1. The van der Waals surface area contributed by atoms with Gasteiger partial charge in [0, 0.05) is 19.3 Å². The fourth-order valence-corrected chi connectivity index (χ4v) is 0.579. The molecule has 0 aromatic rings. The predicted octanol–water partition coefficient (Wildman–Crippen LogP) is -1.04. The van der Waals surface area contributed by atoms with E-state index in [0.717, 1.165) is 12.4 Å². The van der Waals surface area contributed by atoms with Crippen molar-refractivity contribution in [3.05, 3.63) is 0 Å². The summed E-state index contributed by atoms with van der Waals surface area (Å²) in [4.78, 5) is 3.92. The number of aliphatic imine (C=N–C) groups is 1. The van der Waals surface area contributed by atoms with Gasteiger partial charge in [0.05, 0.1) is 0 Å². The highest BCUT2D eigenvalue weighted by molar-refractivity contribution is 6.11. The molecule has 1 heterocycles. The zero-order valence-corrected chi connectivity index (χ0v) is 5.09. The molecule has 0 saturated heterocycles. The molecule has 0 aromatic carbocycles. The highest BCUT2D eigenvalue weighted by Crippen LogP contribution is 2.04. The van der Waals surface area contributed by atoms with Gasteiger partial charge in [0.25, 0.3) is 0 Å². The van der Waals surface area contributed by atoms with E-state index in [0.29, 0.717) is 6.54 Å². The minimum atomic E-state index is 0.0385. The summed E-state index contributed by atoms with van der Waals surface area (Å²) in [6, 6.07) is 0.0385. The highest BCUT2D eigenvalue weighted by Gasteiger charge is 2.23. The maximum Gasteiger partial charge on any atom is 0.143 e. The van der Waals surface area contributed by atoms with Gasteiger partial charge in [-0.15, -0.1) is 0 Å². The number of nitrogens with two attached hydrogens (primary N) is 1. The van der Waals surface area contributed by atoms with Crippen molar-refractivity contribution in [1.82, 2.24) is 5.32 Å². The zero-order chi connectivity index (χ0) is 6.69. The van der Waals surface area contributed by atoms with Crippen LogP contribution in [0.1, 0.15) is 0 Å². The minimum Gasteiger partial charge on any atom is -0.370 e. The van der Waals surface area contributed by atoms with Crippen molar-refractivity contribution in [3.63, 3.8) is 0 Å². The Bertz CT molecular complexity index is 140. The third-order valence-corrected chi connectivity index (χ3v) is 1.10. The molecular weight excluding hydrogens is 116 g/mol. The molecule has 4 heteroatoms.